The predicted octanol–water partition coefficient (Wildman–Crippen LogP) is 1.88. The Kier molecular flexibility index (Phi) is 6.98. The standard InChI is InChI=1S/C20H22FN3O6S/c21-16-4-1-3-15(13-16)20(7-11-30-12-8-20)19(25)22-9-10-23-31(28,29)18-6-2-5-17(14-18)24(26)27/h1-6,13-14,23H,7-12H2,(H,22,25). The lowest BCUT2D eigenvalue weighted by Crippen LogP contribution is -2.49. The number of benzene rings is 2. The van der Waals surface area contributed by atoms with E-state index < -0.39 is 26.2 Å². The molecule has 0 atom stereocenters. The zero-order valence-corrected chi connectivity index (χ0v) is 17.4. The van der Waals surface area contributed by atoms with Crippen LogP contribution in [0.15, 0.2) is 53.4 Å². The van der Waals surface area contributed by atoms with E-state index in [1.807, 2.05) is 0 Å². The highest BCUT2D eigenvalue weighted by molar-refractivity contribution is 7.89. The quantitative estimate of drug-likeness (QED) is 0.358. The lowest BCUT2D eigenvalue weighted by Gasteiger charge is -2.36. The van der Waals surface area contributed by atoms with E-state index in [9.17, 15) is 27.7 Å². The average molecular weight is 451 g/mol. The Balaban J connectivity index is 1.64. The summed E-state index contributed by atoms with van der Waals surface area (Å²) in [6.45, 7) is 0.574. The van der Waals surface area contributed by atoms with Gasteiger partial charge >= 0.3 is 0 Å². The summed E-state index contributed by atoms with van der Waals surface area (Å²) in [7, 11) is -3.99. The number of carbonyl (C=O) groups excluding carboxylic acids is 1. The van der Waals surface area contributed by atoms with Crippen molar-refractivity contribution in [3.63, 3.8) is 0 Å². The van der Waals surface area contributed by atoms with Crippen LogP contribution in [0.5, 0.6) is 0 Å². The van der Waals surface area contributed by atoms with E-state index in [0.717, 1.165) is 6.07 Å². The second-order valence-electron chi connectivity index (χ2n) is 7.11. The molecule has 1 aliphatic heterocycles. The summed E-state index contributed by atoms with van der Waals surface area (Å²) in [6.07, 6.45) is 0.753. The first-order valence-electron chi connectivity index (χ1n) is 9.61. The number of nitrogens with zero attached hydrogens (tertiary/aromatic N) is 1. The van der Waals surface area contributed by atoms with Crippen molar-refractivity contribution in [2.24, 2.45) is 0 Å². The fourth-order valence-electron chi connectivity index (χ4n) is 3.53. The van der Waals surface area contributed by atoms with Gasteiger partial charge < -0.3 is 10.1 Å². The second kappa shape index (κ2) is 9.50. The number of ether oxygens (including phenoxy) is 1. The molecule has 0 saturated carbocycles. The molecule has 166 valence electrons. The molecule has 2 aromatic carbocycles. The van der Waals surface area contributed by atoms with Crippen LogP contribution in [0, 0.1) is 15.9 Å². The van der Waals surface area contributed by atoms with E-state index in [-0.39, 0.29) is 29.6 Å². The summed E-state index contributed by atoms with van der Waals surface area (Å²) in [6, 6.07) is 10.5. The number of amides is 1. The van der Waals surface area contributed by atoms with Crippen molar-refractivity contribution in [2.75, 3.05) is 26.3 Å². The Morgan fingerprint density at radius 3 is 2.52 bits per heavy atom. The molecule has 0 unspecified atom stereocenters. The molecule has 1 saturated heterocycles. The number of carbonyl (C=O) groups is 1. The van der Waals surface area contributed by atoms with Gasteiger partial charge in [0.05, 0.1) is 15.2 Å². The minimum Gasteiger partial charge on any atom is -0.381 e. The topological polar surface area (TPSA) is 128 Å². The Hall–Kier alpha value is -2.89. The van der Waals surface area contributed by atoms with E-state index >= 15 is 0 Å². The van der Waals surface area contributed by atoms with Gasteiger partial charge in [0.15, 0.2) is 0 Å². The molecule has 31 heavy (non-hydrogen) atoms. The Morgan fingerprint density at radius 2 is 1.84 bits per heavy atom. The number of hydrogen-bond acceptors (Lipinski definition) is 6. The Morgan fingerprint density at radius 1 is 1.13 bits per heavy atom. The minimum absolute atomic E-state index is 0.00901. The third-order valence-corrected chi connectivity index (χ3v) is 6.66. The maximum absolute atomic E-state index is 13.8. The molecule has 3 rings (SSSR count). The highest BCUT2D eigenvalue weighted by atomic mass is 32.2. The number of nitro benzene ring substituents is 1. The molecule has 1 fully saturated rings. The number of non-ortho nitro benzene ring substituents is 1. The maximum Gasteiger partial charge on any atom is 0.270 e. The summed E-state index contributed by atoms with van der Waals surface area (Å²) in [5, 5.41) is 13.6. The number of nitro groups is 1. The Labute approximate surface area is 178 Å². The number of sulfonamides is 1. The van der Waals surface area contributed by atoms with Crippen molar-refractivity contribution in [3.05, 3.63) is 70.0 Å². The molecule has 1 amide bonds. The first-order chi connectivity index (χ1) is 14.7. The first kappa shape index (κ1) is 22.8. The molecule has 0 spiro atoms. The van der Waals surface area contributed by atoms with E-state index in [4.69, 9.17) is 4.74 Å². The highest BCUT2D eigenvalue weighted by Crippen LogP contribution is 2.35. The van der Waals surface area contributed by atoms with E-state index in [2.05, 4.69) is 10.0 Å². The molecule has 0 radical (unpaired) electrons. The van der Waals surface area contributed by atoms with Crippen LogP contribution < -0.4 is 10.0 Å². The molecule has 0 aromatic heterocycles. The maximum atomic E-state index is 13.8. The molecule has 1 aliphatic rings. The predicted molar refractivity (Wildman–Crippen MR) is 109 cm³/mol. The van der Waals surface area contributed by atoms with Gasteiger partial charge in [-0.1, -0.05) is 18.2 Å². The van der Waals surface area contributed by atoms with Crippen molar-refractivity contribution in [2.45, 2.75) is 23.2 Å². The highest BCUT2D eigenvalue weighted by Gasteiger charge is 2.41. The number of rotatable bonds is 8. The molecule has 2 N–H and O–H groups in total. The summed E-state index contributed by atoms with van der Waals surface area (Å²) in [4.78, 5) is 22.9. The van der Waals surface area contributed by atoms with Gasteiger partial charge in [-0.25, -0.2) is 17.5 Å². The van der Waals surface area contributed by atoms with Crippen LogP contribution >= 0.6 is 0 Å². The summed E-state index contributed by atoms with van der Waals surface area (Å²) < 4.78 is 46.2. The lowest BCUT2D eigenvalue weighted by molar-refractivity contribution is -0.385. The van der Waals surface area contributed by atoms with E-state index in [1.165, 1.54) is 30.3 Å². The van der Waals surface area contributed by atoms with Crippen LogP contribution in [-0.2, 0) is 25.0 Å². The molecule has 2 aromatic rings. The number of nitrogens with one attached hydrogen (secondary N) is 2. The van der Waals surface area contributed by atoms with Crippen molar-refractivity contribution >= 4 is 21.6 Å². The normalized spacial score (nSPS) is 15.9. The van der Waals surface area contributed by atoms with E-state index in [0.29, 0.717) is 31.6 Å². The fourth-order valence-corrected chi connectivity index (χ4v) is 4.60. The van der Waals surface area contributed by atoms with Gasteiger partial charge in [0, 0.05) is 38.4 Å². The zero-order chi connectivity index (χ0) is 22.5. The fraction of sp³-hybridized carbons (Fsp3) is 0.350. The molecule has 11 heteroatoms. The van der Waals surface area contributed by atoms with Gasteiger partial charge in [0.1, 0.15) is 5.82 Å². The van der Waals surface area contributed by atoms with Gasteiger partial charge in [0.2, 0.25) is 15.9 Å². The molecule has 1 heterocycles. The number of hydrogen-bond donors (Lipinski definition) is 2. The second-order valence-corrected chi connectivity index (χ2v) is 8.88. The van der Waals surface area contributed by atoms with Crippen molar-refractivity contribution in [3.8, 4) is 0 Å². The van der Waals surface area contributed by atoms with Crippen LogP contribution in [0.4, 0.5) is 10.1 Å². The largest absolute Gasteiger partial charge is 0.381 e. The summed E-state index contributed by atoms with van der Waals surface area (Å²) in [5.41, 5.74) is -0.752. The van der Waals surface area contributed by atoms with Crippen LogP contribution in [0.1, 0.15) is 18.4 Å². The van der Waals surface area contributed by atoms with Crippen LogP contribution in [0.3, 0.4) is 0 Å². The van der Waals surface area contributed by atoms with Gasteiger partial charge in [-0.2, -0.15) is 0 Å². The Bertz CT molecular complexity index is 1070. The SMILES string of the molecule is O=C(NCCNS(=O)(=O)c1cccc([N+](=O)[O-])c1)C1(c2cccc(F)c2)CCOCC1. The van der Waals surface area contributed by atoms with Crippen LogP contribution in [0.2, 0.25) is 0 Å². The smallest absolute Gasteiger partial charge is 0.270 e. The average Bonchev–Trinajstić information content (AvgIpc) is 2.77. The first-order valence-corrected chi connectivity index (χ1v) is 11.1. The van der Waals surface area contributed by atoms with Gasteiger partial charge in [-0.15, -0.1) is 0 Å². The molecule has 0 aliphatic carbocycles. The van der Waals surface area contributed by atoms with Crippen LogP contribution in [-0.4, -0.2) is 45.6 Å². The van der Waals surface area contributed by atoms with Crippen molar-refractivity contribution < 1.29 is 27.3 Å². The molecular weight excluding hydrogens is 429 g/mol. The van der Waals surface area contributed by atoms with Crippen LogP contribution in [0.25, 0.3) is 0 Å². The van der Waals surface area contributed by atoms with Gasteiger partial charge in [-0.05, 0) is 36.6 Å². The van der Waals surface area contributed by atoms with Crippen molar-refractivity contribution in [1.29, 1.82) is 0 Å². The summed E-state index contributed by atoms with van der Waals surface area (Å²) in [5.74, 6) is -0.781. The zero-order valence-electron chi connectivity index (χ0n) is 16.5. The van der Waals surface area contributed by atoms with Crippen molar-refractivity contribution in [1.82, 2.24) is 10.0 Å². The third-order valence-electron chi connectivity index (χ3n) is 5.20. The minimum atomic E-state index is -3.99. The molecular formula is C20H22FN3O6S. The molecule has 9 nitrogen and oxygen atoms in total. The van der Waals surface area contributed by atoms with Gasteiger partial charge in [-0.3, -0.25) is 14.9 Å². The number of halogens is 1. The lowest BCUT2D eigenvalue weighted by atomic mass is 9.73. The van der Waals surface area contributed by atoms with Gasteiger partial charge in [0.25, 0.3) is 5.69 Å². The van der Waals surface area contributed by atoms with E-state index in [1.54, 1.807) is 12.1 Å². The molecule has 0 bridgehead atoms. The summed E-state index contributed by atoms with van der Waals surface area (Å²) >= 11 is 0. The monoisotopic (exact) mass is 451 g/mol. The third kappa shape index (κ3) is 5.24.